The fraction of sp³-hybridized carbons (Fsp3) is 0.519. The molecule has 1 aromatic heterocycles. The first kappa shape index (κ1) is 26.5. The van der Waals surface area contributed by atoms with Crippen molar-refractivity contribution in [3.63, 3.8) is 0 Å². The number of nitrogens with two attached hydrogens (primary N) is 2. The molecule has 0 saturated heterocycles. The van der Waals surface area contributed by atoms with Crippen LogP contribution in [-0.4, -0.2) is 55.8 Å². The maximum Gasteiger partial charge on any atom is 0.119 e. The van der Waals surface area contributed by atoms with Gasteiger partial charge in [0, 0.05) is 21.8 Å². The Morgan fingerprint density at radius 2 is 1.62 bits per heavy atom. The number of ether oxygens (including phenoxy) is 1. The fourth-order valence-corrected chi connectivity index (χ4v) is 4.58. The van der Waals surface area contributed by atoms with Crippen LogP contribution >= 0.6 is 11.6 Å². The molecule has 3 aromatic rings. The van der Waals surface area contributed by atoms with Crippen LogP contribution in [0.4, 0.5) is 5.69 Å². The maximum atomic E-state index is 6.27. The van der Waals surface area contributed by atoms with Gasteiger partial charge in [0.2, 0.25) is 0 Å². The molecule has 0 spiro atoms. The minimum absolute atomic E-state index is 0.311. The molecule has 34 heavy (non-hydrogen) atoms. The first-order valence-corrected chi connectivity index (χ1v) is 12.9. The molecule has 0 bridgehead atoms. The predicted molar refractivity (Wildman–Crippen MR) is 146 cm³/mol. The molecule has 0 fully saturated rings. The highest BCUT2D eigenvalue weighted by molar-refractivity contribution is 6.31. The van der Waals surface area contributed by atoms with Crippen molar-refractivity contribution in [1.82, 2.24) is 9.88 Å². The van der Waals surface area contributed by atoms with E-state index in [2.05, 4.69) is 29.3 Å². The summed E-state index contributed by atoms with van der Waals surface area (Å²) in [4.78, 5) is 7.41. The van der Waals surface area contributed by atoms with Crippen molar-refractivity contribution >= 4 is 39.1 Å². The number of anilines is 1. The zero-order valence-corrected chi connectivity index (χ0v) is 21.4. The number of hydrogen-bond acceptors (Lipinski definition) is 6. The number of benzene rings is 2. The molecule has 0 aliphatic carbocycles. The molecule has 3 rings (SSSR count). The number of halogens is 1. The topological polar surface area (TPSA) is 89.4 Å². The van der Waals surface area contributed by atoms with Crippen molar-refractivity contribution in [2.24, 2.45) is 11.5 Å². The second kappa shape index (κ2) is 13.7. The molecule has 0 radical (unpaired) electrons. The van der Waals surface area contributed by atoms with E-state index in [1.165, 1.54) is 0 Å². The van der Waals surface area contributed by atoms with E-state index >= 15 is 0 Å². The SMILES string of the molecule is COc1ccc2nc3cc(Cl)ccc3c(NC(C)CCCN(CCCCN)CCCCN)c2c1. The molecule has 1 unspecified atom stereocenters. The molecule has 0 saturated carbocycles. The van der Waals surface area contributed by atoms with Gasteiger partial charge in [-0.15, -0.1) is 0 Å². The number of unbranched alkanes of at least 4 members (excludes halogenated alkanes) is 2. The lowest BCUT2D eigenvalue weighted by molar-refractivity contribution is 0.257. The number of hydrogen-bond donors (Lipinski definition) is 3. The number of nitrogens with zero attached hydrogens (tertiary/aromatic N) is 2. The number of aromatic nitrogens is 1. The second-order valence-electron chi connectivity index (χ2n) is 9.05. The van der Waals surface area contributed by atoms with Crippen molar-refractivity contribution < 1.29 is 4.74 Å². The maximum absolute atomic E-state index is 6.27. The van der Waals surface area contributed by atoms with Gasteiger partial charge in [0.1, 0.15) is 5.75 Å². The summed E-state index contributed by atoms with van der Waals surface area (Å²) in [5, 5.41) is 6.61. The van der Waals surface area contributed by atoms with E-state index in [4.69, 9.17) is 32.8 Å². The lowest BCUT2D eigenvalue weighted by atomic mass is 10.1. The van der Waals surface area contributed by atoms with Crippen LogP contribution in [0, 0.1) is 0 Å². The summed E-state index contributed by atoms with van der Waals surface area (Å²) in [7, 11) is 1.69. The first-order valence-electron chi connectivity index (χ1n) is 12.5. The minimum atomic E-state index is 0.311. The van der Waals surface area contributed by atoms with Crippen molar-refractivity contribution in [2.45, 2.75) is 51.5 Å². The molecule has 5 N–H and O–H groups in total. The van der Waals surface area contributed by atoms with Gasteiger partial charge in [-0.3, -0.25) is 0 Å². The third-order valence-corrected chi connectivity index (χ3v) is 6.54. The van der Waals surface area contributed by atoms with Gasteiger partial charge in [-0.05, 0) is 115 Å². The molecule has 0 amide bonds. The lowest BCUT2D eigenvalue weighted by Gasteiger charge is -2.24. The molecular weight excluding hydrogens is 446 g/mol. The Bertz CT molecular complexity index is 1030. The summed E-state index contributed by atoms with van der Waals surface area (Å²) in [6.07, 6.45) is 6.70. The summed E-state index contributed by atoms with van der Waals surface area (Å²) in [5.41, 5.74) is 14.3. The van der Waals surface area contributed by atoms with Gasteiger partial charge in [-0.1, -0.05) is 11.6 Å². The summed E-state index contributed by atoms with van der Waals surface area (Å²) in [6, 6.07) is 12.2. The molecule has 1 atom stereocenters. The highest BCUT2D eigenvalue weighted by Gasteiger charge is 2.14. The van der Waals surface area contributed by atoms with Gasteiger partial charge < -0.3 is 26.4 Å². The van der Waals surface area contributed by atoms with Crippen LogP contribution in [0.5, 0.6) is 5.75 Å². The number of nitrogens with one attached hydrogen (secondary N) is 1. The molecule has 2 aromatic carbocycles. The van der Waals surface area contributed by atoms with E-state index in [1.807, 2.05) is 24.3 Å². The number of fused-ring (bicyclic) bond motifs is 2. The minimum Gasteiger partial charge on any atom is -0.497 e. The van der Waals surface area contributed by atoms with E-state index in [0.29, 0.717) is 11.1 Å². The third kappa shape index (κ3) is 7.44. The fourth-order valence-electron chi connectivity index (χ4n) is 4.41. The summed E-state index contributed by atoms with van der Waals surface area (Å²) in [6.45, 7) is 7.11. The first-order chi connectivity index (χ1) is 16.5. The van der Waals surface area contributed by atoms with E-state index < -0.39 is 0 Å². The van der Waals surface area contributed by atoms with Crippen LogP contribution in [-0.2, 0) is 0 Å². The lowest BCUT2D eigenvalue weighted by Crippen LogP contribution is -2.29. The summed E-state index contributed by atoms with van der Waals surface area (Å²) >= 11 is 6.27. The highest BCUT2D eigenvalue weighted by atomic mass is 35.5. The van der Waals surface area contributed by atoms with Gasteiger partial charge in [-0.25, -0.2) is 4.98 Å². The molecule has 7 heteroatoms. The number of rotatable bonds is 15. The van der Waals surface area contributed by atoms with Crippen LogP contribution in [0.25, 0.3) is 21.8 Å². The van der Waals surface area contributed by atoms with Crippen molar-refractivity contribution in [1.29, 1.82) is 0 Å². The average molecular weight is 486 g/mol. The Labute approximate surface area is 209 Å². The summed E-state index contributed by atoms with van der Waals surface area (Å²) < 4.78 is 5.49. The number of methoxy groups -OCH3 is 1. The zero-order valence-electron chi connectivity index (χ0n) is 20.7. The molecule has 1 heterocycles. The van der Waals surface area contributed by atoms with Crippen molar-refractivity contribution in [3.8, 4) is 5.75 Å². The zero-order chi connectivity index (χ0) is 24.3. The van der Waals surface area contributed by atoms with Crippen LogP contribution in [0.2, 0.25) is 5.02 Å². The Hall–Kier alpha value is -2.12. The van der Waals surface area contributed by atoms with Gasteiger partial charge >= 0.3 is 0 Å². The average Bonchev–Trinajstić information content (AvgIpc) is 2.83. The van der Waals surface area contributed by atoms with E-state index in [-0.39, 0.29) is 0 Å². The third-order valence-electron chi connectivity index (χ3n) is 6.30. The highest BCUT2D eigenvalue weighted by Crippen LogP contribution is 2.34. The molecule has 0 aliphatic heterocycles. The summed E-state index contributed by atoms with van der Waals surface area (Å²) in [5.74, 6) is 0.823. The van der Waals surface area contributed by atoms with Crippen molar-refractivity contribution in [3.05, 3.63) is 41.4 Å². The van der Waals surface area contributed by atoms with Crippen LogP contribution in [0.15, 0.2) is 36.4 Å². The van der Waals surface area contributed by atoms with Crippen molar-refractivity contribution in [2.75, 3.05) is 45.2 Å². The van der Waals surface area contributed by atoms with Crippen LogP contribution < -0.4 is 21.5 Å². The van der Waals surface area contributed by atoms with Gasteiger partial charge in [0.15, 0.2) is 0 Å². The second-order valence-corrected chi connectivity index (χ2v) is 9.49. The largest absolute Gasteiger partial charge is 0.497 e. The van der Waals surface area contributed by atoms with E-state index in [1.54, 1.807) is 7.11 Å². The Kier molecular flexibility index (Phi) is 10.7. The van der Waals surface area contributed by atoms with Gasteiger partial charge in [0.05, 0.1) is 23.8 Å². The standard InChI is InChI=1S/C27H40ClN5O/c1-20(8-7-17-33(15-5-3-13-29)16-6-4-14-30)31-27-23-11-9-21(28)18-26(23)32-25-12-10-22(34-2)19-24(25)27/h9-12,18-20H,3-8,13-17,29-30H2,1-2H3,(H,31,32). The number of pyridine rings is 1. The quantitative estimate of drug-likeness (QED) is 0.197. The normalized spacial score (nSPS) is 12.5. The van der Waals surface area contributed by atoms with Gasteiger partial charge in [0.25, 0.3) is 0 Å². The van der Waals surface area contributed by atoms with Crippen LogP contribution in [0.3, 0.4) is 0 Å². The van der Waals surface area contributed by atoms with Gasteiger partial charge in [-0.2, -0.15) is 0 Å². The Morgan fingerprint density at radius 3 is 2.29 bits per heavy atom. The monoisotopic (exact) mass is 485 g/mol. The molecule has 6 nitrogen and oxygen atoms in total. The van der Waals surface area contributed by atoms with E-state index in [0.717, 1.165) is 104 Å². The molecular formula is C27H40ClN5O. The Morgan fingerprint density at radius 1 is 0.912 bits per heavy atom. The molecule has 0 aliphatic rings. The Balaban J connectivity index is 1.71. The van der Waals surface area contributed by atoms with E-state index in [9.17, 15) is 0 Å². The molecule has 186 valence electrons. The predicted octanol–water partition coefficient (Wildman–Crippen LogP) is 5.41. The van der Waals surface area contributed by atoms with Crippen LogP contribution in [0.1, 0.15) is 45.4 Å². The smallest absolute Gasteiger partial charge is 0.119 e.